The first-order valence-corrected chi connectivity index (χ1v) is 4.59. The number of hydrogen-bond donors (Lipinski definition) is 2. The first kappa shape index (κ1) is 12.0. The summed E-state index contributed by atoms with van der Waals surface area (Å²) in [5.41, 5.74) is 5.47. The van der Waals surface area contributed by atoms with Crippen molar-refractivity contribution in [2.75, 3.05) is 6.54 Å². The van der Waals surface area contributed by atoms with Crippen LogP contribution in [-0.4, -0.2) is 18.5 Å². The molecule has 1 amide bonds. The molecule has 0 saturated carbocycles. The molecule has 0 aliphatic heterocycles. The zero-order valence-corrected chi connectivity index (χ0v) is 8.34. The minimum Gasteiger partial charge on any atom is -0.343 e. The van der Waals surface area contributed by atoms with E-state index in [1.807, 2.05) is 6.92 Å². The number of carbonyl (C=O) groups is 1. The number of carbonyl (C=O) groups excluding carboxylic acids is 1. The highest BCUT2D eigenvalue weighted by atomic mass is 16.1. The van der Waals surface area contributed by atoms with Gasteiger partial charge in [-0.25, -0.2) is 0 Å². The molecular formula is C10H18N2O. The van der Waals surface area contributed by atoms with E-state index in [9.17, 15) is 4.79 Å². The summed E-state index contributed by atoms with van der Waals surface area (Å²) < 4.78 is 0. The third-order valence-electron chi connectivity index (χ3n) is 2.01. The Bertz CT molecular complexity index is 192. The average molecular weight is 182 g/mol. The highest BCUT2D eigenvalue weighted by molar-refractivity contribution is 5.76. The van der Waals surface area contributed by atoms with Crippen molar-refractivity contribution in [1.82, 2.24) is 5.32 Å². The Morgan fingerprint density at radius 2 is 2.31 bits per heavy atom. The molecule has 0 aromatic carbocycles. The Labute approximate surface area is 80.1 Å². The molecule has 2 atom stereocenters. The number of amides is 1. The number of hydrogen-bond acceptors (Lipinski definition) is 2. The third kappa shape index (κ3) is 5.26. The standard InChI is InChI=1S/C10H18N2O/c1-4-8(3)12-10(13)6-9(5-2)7-11/h1,8-9H,5-7,11H2,2-3H3,(H,12,13). The predicted octanol–water partition coefficient (Wildman–Crippen LogP) is 0.499. The van der Waals surface area contributed by atoms with E-state index >= 15 is 0 Å². The summed E-state index contributed by atoms with van der Waals surface area (Å²) in [6, 6.07) is -0.192. The zero-order valence-electron chi connectivity index (χ0n) is 8.34. The van der Waals surface area contributed by atoms with Crippen LogP contribution in [0.15, 0.2) is 0 Å². The number of terminal acetylenes is 1. The highest BCUT2D eigenvalue weighted by Gasteiger charge is 2.11. The quantitative estimate of drug-likeness (QED) is 0.608. The second kappa shape index (κ2) is 6.50. The summed E-state index contributed by atoms with van der Waals surface area (Å²) in [6.07, 6.45) is 6.52. The summed E-state index contributed by atoms with van der Waals surface area (Å²) in [6.45, 7) is 4.35. The van der Waals surface area contributed by atoms with Gasteiger partial charge in [-0.15, -0.1) is 6.42 Å². The van der Waals surface area contributed by atoms with Crippen LogP contribution in [0.3, 0.4) is 0 Å². The van der Waals surface area contributed by atoms with Gasteiger partial charge < -0.3 is 11.1 Å². The number of nitrogens with two attached hydrogens (primary N) is 1. The van der Waals surface area contributed by atoms with Crippen LogP contribution in [0.1, 0.15) is 26.7 Å². The van der Waals surface area contributed by atoms with Crippen LogP contribution in [0.4, 0.5) is 0 Å². The summed E-state index contributed by atoms with van der Waals surface area (Å²) in [7, 11) is 0. The molecule has 2 unspecified atom stereocenters. The first-order chi connectivity index (χ1) is 6.13. The summed E-state index contributed by atoms with van der Waals surface area (Å²) >= 11 is 0. The lowest BCUT2D eigenvalue weighted by atomic mass is 10.0. The molecule has 0 aromatic heterocycles. The molecule has 0 fully saturated rings. The van der Waals surface area contributed by atoms with Crippen LogP contribution in [0, 0.1) is 18.3 Å². The van der Waals surface area contributed by atoms with E-state index in [2.05, 4.69) is 11.2 Å². The lowest BCUT2D eigenvalue weighted by Crippen LogP contribution is -2.33. The molecule has 74 valence electrons. The molecule has 0 radical (unpaired) electrons. The van der Waals surface area contributed by atoms with Crippen LogP contribution >= 0.6 is 0 Å². The van der Waals surface area contributed by atoms with Crippen molar-refractivity contribution in [3.63, 3.8) is 0 Å². The van der Waals surface area contributed by atoms with Gasteiger partial charge in [0.2, 0.25) is 5.91 Å². The van der Waals surface area contributed by atoms with E-state index in [-0.39, 0.29) is 17.9 Å². The van der Waals surface area contributed by atoms with Gasteiger partial charge in [-0.3, -0.25) is 4.79 Å². The lowest BCUT2D eigenvalue weighted by Gasteiger charge is -2.13. The first-order valence-electron chi connectivity index (χ1n) is 4.59. The normalized spacial score (nSPS) is 14.3. The Morgan fingerprint density at radius 1 is 1.69 bits per heavy atom. The Hall–Kier alpha value is -1.01. The predicted molar refractivity (Wildman–Crippen MR) is 53.9 cm³/mol. The van der Waals surface area contributed by atoms with Crippen molar-refractivity contribution in [2.45, 2.75) is 32.7 Å². The Kier molecular flexibility index (Phi) is 5.99. The monoisotopic (exact) mass is 182 g/mol. The van der Waals surface area contributed by atoms with Crippen molar-refractivity contribution in [3.05, 3.63) is 0 Å². The van der Waals surface area contributed by atoms with Gasteiger partial charge in [0, 0.05) is 6.42 Å². The van der Waals surface area contributed by atoms with Crippen molar-refractivity contribution < 1.29 is 4.79 Å². The number of rotatable bonds is 5. The topological polar surface area (TPSA) is 55.1 Å². The molecule has 0 aromatic rings. The maximum Gasteiger partial charge on any atom is 0.221 e. The fourth-order valence-electron chi connectivity index (χ4n) is 0.999. The van der Waals surface area contributed by atoms with Crippen LogP contribution in [0.2, 0.25) is 0 Å². The largest absolute Gasteiger partial charge is 0.343 e. The summed E-state index contributed by atoms with van der Waals surface area (Å²) in [4.78, 5) is 11.3. The van der Waals surface area contributed by atoms with E-state index in [0.717, 1.165) is 6.42 Å². The Balaban J connectivity index is 3.80. The van der Waals surface area contributed by atoms with Gasteiger partial charge in [-0.1, -0.05) is 19.3 Å². The maximum atomic E-state index is 11.3. The fraction of sp³-hybridized carbons (Fsp3) is 0.700. The Morgan fingerprint density at radius 3 is 2.69 bits per heavy atom. The fourth-order valence-corrected chi connectivity index (χ4v) is 0.999. The average Bonchev–Trinajstić information content (AvgIpc) is 2.13. The van der Waals surface area contributed by atoms with Gasteiger partial charge in [0.1, 0.15) is 0 Å². The molecule has 0 aliphatic rings. The molecule has 0 spiro atoms. The second-order valence-electron chi connectivity index (χ2n) is 3.17. The minimum atomic E-state index is -0.192. The van der Waals surface area contributed by atoms with Crippen molar-refractivity contribution in [3.8, 4) is 12.3 Å². The summed E-state index contributed by atoms with van der Waals surface area (Å²) in [5.74, 6) is 2.70. The molecular weight excluding hydrogens is 164 g/mol. The summed E-state index contributed by atoms with van der Waals surface area (Å²) in [5, 5.41) is 2.70. The molecule has 0 rings (SSSR count). The van der Waals surface area contributed by atoms with E-state index < -0.39 is 0 Å². The van der Waals surface area contributed by atoms with Gasteiger partial charge >= 0.3 is 0 Å². The zero-order chi connectivity index (χ0) is 10.3. The van der Waals surface area contributed by atoms with Gasteiger partial charge in [-0.05, 0) is 19.4 Å². The van der Waals surface area contributed by atoms with Crippen LogP contribution in [-0.2, 0) is 4.79 Å². The molecule has 0 saturated heterocycles. The van der Waals surface area contributed by atoms with Crippen LogP contribution < -0.4 is 11.1 Å². The van der Waals surface area contributed by atoms with E-state index in [1.165, 1.54) is 0 Å². The minimum absolute atomic E-state index is 0.0113. The van der Waals surface area contributed by atoms with E-state index in [1.54, 1.807) is 6.92 Å². The van der Waals surface area contributed by atoms with Crippen LogP contribution in [0.25, 0.3) is 0 Å². The van der Waals surface area contributed by atoms with E-state index in [0.29, 0.717) is 13.0 Å². The third-order valence-corrected chi connectivity index (χ3v) is 2.01. The molecule has 0 heterocycles. The van der Waals surface area contributed by atoms with Crippen LogP contribution in [0.5, 0.6) is 0 Å². The lowest BCUT2D eigenvalue weighted by molar-refractivity contribution is -0.122. The smallest absolute Gasteiger partial charge is 0.221 e. The maximum absolute atomic E-state index is 11.3. The highest BCUT2D eigenvalue weighted by Crippen LogP contribution is 2.05. The second-order valence-corrected chi connectivity index (χ2v) is 3.17. The van der Waals surface area contributed by atoms with Crippen molar-refractivity contribution >= 4 is 5.91 Å². The molecule has 0 bridgehead atoms. The molecule has 13 heavy (non-hydrogen) atoms. The van der Waals surface area contributed by atoms with Gasteiger partial charge in [0.25, 0.3) is 0 Å². The van der Waals surface area contributed by atoms with Gasteiger partial charge in [0.05, 0.1) is 6.04 Å². The van der Waals surface area contributed by atoms with E-state index in [4.69, 9.17) is 12.2 Å². The molecule has 3 N–H and O–H groups in total. The molecule has 3 heteroatoms. The van der Waals surface area contributed by atoms with Crippen molar-refractivity contribution in [2.24, 2.45) is 11.7 Å². The molecule has 0 aliphatic carbocycles. The number of nitrogens with one attached hydrogen (secondary N) is 1. The van der Waals surface area contributed by atoms with Crippen molar-refractivity contribution in [1.29, 1.82) is 0 Å². The van der Waals surface area contributed by atoms with Gasteiger partial charge in [0.15, 0.2) is 0 Å². The van der Waals surface area contributed by atoms with Gasteiger partial charge in [-0.2, -0.15) is 0 Å². The molecule has 3 nitrogen and oxygen atoms in total. The SMILES string of the molecule is C#CC(C)NC(=O)CC(CC)CN.